The van der Waals surface area contributed by atoms with Gasteiger partial charge in [-0.1, -0.05) is 48.0 Å². The number of aryl methyl sites for hydroxylation is 1. The smallest absolute Gasteiger partial charge is 0.240 e. The van der Waals surface area contributed by atoms with Gasteiger partial charge < -0.3 is 5.32 Å². The molecule has 6 rings (SSSR count). The van der Waals surface area contributed by atoms with E-state index in [2.05, 4.69) is 5.32 Å². The summed E-state index contributed by atoms with van der Waals surface area (Å²) < 4.78 is 1.85. The van der Waals surface area contributed by atoms with E-state index in [4.69, 9.17) is 16.7 Å². The number of hydrogen-bond donors (Lipinski definition) is 1. The fourth-order valence-corrected chi connectivity index (χ4v) is 6.77. The maximum Gasteiger partial charge on any atom is 0.240 e. The van der Waals surface area contributed by atoms with Crippen molar-refractivity contribution in [3.05, 3.63) is 87.8 Å². The number of para-hydroxylation sites is 1. The highest BCUT2D eigenvalue weighted by molar-refractivity contribution is 8.00. The van der Waals surface area contributed by atoms with Crippen LogP contribution in [0.5, 0.6) is 0 Å². The van der Waals surface area contributed by atoms with Crippen LogP contribution >= 0.6 is 34.7 Å². The van der Waals surface area contributed by atoms with Crippen molar-refractivity contribution in [1.29, 1.82) is 0 Å². The zero-order valence-electron chi connectivity index (χ0n) is 20.2. The molecule has 1 N–H and O–H groups in total. The number of anilines is 1. The SMILES string of the molecule is Cc1ccccc1-n1nc(-c2cccs2)c2c1N(CC(=O)NC1CC1)C(=O)CSC2c1cccc(Cl)c1. The number of rotatable bonds is 6. The molecule has 0 saturated heterocycles. The quantitative estimate of drug-likeness (QED) is 0.320. The molecule has 37 heavy (non-hydrogen) atoms. The molecule has 2 aromatic heterocycles. The summed E-state index contributed by atoms with van der Waals surface area (Å²) in [7, 11) is 0. The molecular formula is C28H25ClN4O2S2. The molecule has 0 bridgehead atoms. The minimum Gasteiger partial charge on any atom is -0.352 e. The minimum atomic E-state index is -0.191. The molecule has 0 radical (unpaired) electrons. The van der Waals surface area contributed by atoms with Gasteiger partial charge in [-0.05, 0) is 60.5 Å². The third kappa shape index (κ3) is 4.81. The van der Waals surface area contributed by atoms with Crippen molar-refractivity contribution in [2.24, 2.45) is 0 Å². The van der Waals surface area contributed by atoms with Crippen LogP contribution in [0.15, 0.2) is 66.0 Å². The zero-order valence-corrected chi connectivity index (χ0v) is 22.6. The fourth-order valence-electron chi connectivity index (χ4n) is 4.66. The van der Waals surface area contributed by atoms with E-state index in [1.54, 1.807) is 28.0 Å². The van der Waals surface area contributed by atoms with Gasteiger partial charge in [0.1, 0.15) is 18.1 Å². The molecule has 1 aliphatic heterocycles. The van der Waals surface area contributed by atoms with Crippen molar-refractivity contribution in [3.63, 3.8) is 0 Å². The van der Waals surface area contributed by atoms with Gasteiger partial charge in [0.2, 0.25) is 11.8 Å². The molecule has 1 fully saturated rings. The second-order valence-electron chi connectivity index (χ2n) is 9.33. The van der Waals surface area contributed by atoms with Gasteiger partial charge in [0.15, 0.2) is 0 Å². The Hall–Kier alpha value is -3.07. The lowest BCUT2D eigenvalue weighted by Crippen LogP contribution is -2.43. The Morgan fingerprint density at radius 2 is 1.97 bits per heavy atom. The van der Waals surface area contributed by atoms with Crippen LogP contribution in [0.4, 0.5) is 5.82 Å². The van der Waals surface area contributed by atoms with E-state index in [-0.39, 0.29) is 35.4 Å². The van der Waals surface area contributed by atoms with Gasteiger partial charge in [-0.25, -0.2) is 4.68 Å². The van der Waals surface area contributed by atoms with Gasteiger partial charge >= 0.3 is 0 Å². The summed E-state index contributed by atoms with van der Waals surface area (Å²) in [4.78, 5) is 29.3. The number of fused-ring (bicyclic) bond motifs is 1. The van der Waals surface area contributed by atoms with E-state index >= 15 is 0 Å². The Bertz CT molecular complexity index is 1480. The lowest BCUT2D eigenvalue weighted by Gasteiger charge is -2.23. The van der Waals surface area contributed by atoms with Gasteiger partial charge in [0, 0.05) is 16.6 Å². The topological polar surface area (TPSA) is 67.2 Å². The number of thiophene rings is 1. The average Bonchev–Trinajstić information content (AvgIpc) is 3.41. The predicted molar refractivity (Wildman–Crippen MR) is 151 cm³/mol. The van der Waals surface area contributed by atoms with E-state index in [0.717, 1.165) is 45.8 Å². The van der Waals surface area contributed by atoms with Crippen molar-refractivity contribution < 1.29 is 9.59 Å². The third-order valence-corrected chi connectivity index (χ3v) is 8.95. The first-order valence-corrected chi connectivity index (χ1v) is 14.5. The Morgan fingerprint density at radius 3 is 2.70 bits per heavy atom. The van der Waals surface area contributed by atoms with Crippen molar-refractivity contribution in [1.82, 2.24) is 15.1 Å². The fraction of sp³-hybridized carbons (Fsp3) is 0.250. The number of nitrogens with one attached hydrogen (secondary N) is 1. The summed E-state index contributed by atoms with van der Waals surface area (Å²) >= 11 is 9.57. The van der Waals surface area contributed by atoms with Gasteiger partial charge in [0.25, 0.3) is 0 Å². The van der Waals surface area contributed by atoms with Crippen molar-refractivity contribution >= 4 is 52.3 Å². The molecule has 2 aromatic carbocycles. The molecule has 1 atom stereocenters. The van der Waals surface area contributed by atoms with Gasteiger partial charge in [-0.15, -0.1) is 23.1 Å². The van der Waals surface area contributed by atoms with E-state index in [1.165, 1.54) is 0 Å². The molecule has 1 unspecified atom stereocenters. The number of carbonyl (C=O) groups is 2. The highest BCUT2D eigenvalue weighted by Gasteiger charge is 2.38. The summed E-state index contributed by atoms with van der Waals surface area (Å²) in [5, 5.41) is 10.6. The van der Waals surface area contributed by atoms with Crippen LogP contribution in [0.2, 0.25) is 5.02 Å². The predicted octanol–water partition coefficient (Wildman–Crippen LogP) is 6.01. The molecule has 9 heteroatoms. The normalized spacial score (nSPS) is 17.4. The molecule has 2 amide bonds. The zero-order chi connectivity index (χ0) is 25.5. The first kappa shape index (κ1) is 24.3. The molecule has 1 aliphatic carbocycles. The molecule has 6 nitrogen and oxygen atoms in total. The van der Waals surface area contributed by atoms with Crippen LogP contribution in [0.1, 0.15) is 34.8 Å². The number of aromatic nitrogens is 2. The first-order valence-electron chi connectivity index (χ1n) is 12.2. The number of thioether (sulfide) groups is 1. The number of hydrogen-bond acceptors (Lipinski definition) is 5. The van der Waals surface area contributed by atoms with Crippen LogP contribution in [0.3, 0.4) is 0 Å². The summed E-state index contributed by atoms with van der Waals surface area (Å²) in [6.07, 6.45) is 1.97. The highest BCUT2D eigenvalue weighted by atomic mass is 35.5. The number of benzene rings is 2. The molecule has 3 heterocycles. The van der Waals surface area contributed by atoms with Crippen LogP contribution in [0.25, 0.3) is 16.3 Å². The number of amides is 2. The van der Waals surface area contributed by atoms with Gasteiger partial charge in [-0.3, -0.25) is 14.5 Å². The van der Waals surface area contributed by atoms with Crippen LogP contribution in [-0.2, 0) is 9.59 Å². The highest BCUT2D eigenvalue weighted by Crippen LogP contribution is 2.49. The van der Waals surface area contributed by atoms with Crippen LogP contribution in [-0.4, -0.2) is 39.9 Å². The van der Waals surface area contributed by atoms with Crippen molar-refractivity contribution in [2.75, 3.05) is 17.2 Å². The summed E-state index contributed by atoms with van der Waals surface area (Å²) in [5.74, 6) is 0.612. The molecule has 1 saturated carbocycles. The maximum absolute atomic E-state index is 13.7. The lowest BCUT2D eigenvalue weighted by molar-refractivity contribution is -0.123. The number of nitrogens with zero attached hydrogens (tertiary/aromatic N) is 3. The van der Waals surface area contributed by atoms with Crippen molar-refractivity contribution in [3.8, 4) is 16.3 Å². The Kier molecular flexibility index (Phi) is 6.56. The molecular weight excluding hydrogens is 524 g/mol. The maximum atomic E-state index is 13.7. The Balaban J connectivity index is 1.61. The van der Waals surface area contributed by atoms with E-state index in [9.17, 15) is 9.59 Å². The van der Waals surface area contributed by atoms with E-state index in [1.807, 2.05) is 77.6 Å². The van der Waals surface area contributed by atoms with Gasteiger partial charge in [-0.2, -0.15) is 5.10 Å². The van der Waals surface area contributed by atoms with Crippen molar-refractivity contribution in [2.45, 2.75) is 31.1 Å². The largest absolute Gasteiger partial charge is 0.352 e. The number of halogens is 1. The third-order valence-electron chi connectivity index (χ3n) is 6.58. The standard InChI is InChI=1S/C28H25ClN4O2S2/c1-17-6-2-3-9-21(17)33-28-25(26(31-33)22-10-5-13-36-22)27(18-7-4-8-19(29)14-18)37-16-24(35)32(28)15-23(34)30-20-11-12-20/h2-10,13-14,20,27H,11-12,15-16H2,1H3,(H,30,34). The van der Waals surface area contributed by atoms with Crippen LogP contribution in [0, 0.1) is 6.92 Å². The molecule has 188 valence electrons. The summed E-state index contributed by atoms with van der Waals surface area (Å²) in [6, 6.07) is 20.0. The van der Waals surface area contributed by atoms with E-state index in [0.29, 0.717) is 10.8 Å². The number of carbonyl (C=O) groups excluding carboxylic acids is 2. The van der Waals surface area contributed by atoms with Gasteiger partial charge in [0.05, 0.1) is 21.6 Å². The minimum absolute atomic E-state index is 0.0490. The lowest BCUT2D eigenvalue weighted by atomic mass is 10.0. The molecule has 2 aliphatic rings. The second kappa shape index (κ2) is 10.0. The monoisotopic (exact) mass is 548 g/mol. The Morgan fingerprint density at radius 1 is 1.14 bits per heavy atom. The summed E-state index contributed by atoms with van der Waals surface area (Å²) in [6.45, 7) is 1.98. The molecule has 0 spiro atoms. The van der Waals surface area contributed by atoms with E-state index < -0.39 is 0 Å². The average molecular weight is 549 g/mol. The Labute approximate surface area is 228 Å². The second-order valence-corrected chi connectivity index (χ2v) is 11.8. The summed E-state index contributed by atoms with van der Waals surface area (Å²) in [5.41, 5.74) is 4.63. The van der Waals surface area contributed by atoms with Crippen LogP contribution < -0.4 is 10.2 Å². The molecule has 4 aromatic rings. The first-order chi connectivity index (χ1) is 18.0.